The molecule has 9 heteroatoms. The Morgan fingerprint density at radius 3 is 2.29 bits per heavy atom. The molecule has 2 bridgehead atoms. The number of nitrogens with one attached hydrogen (secondary N) is 2. The highest BCUT2D eigenvalue weighted by Gasteiger charge is 2.69. The summed E-state index contributed by atoms with van der Waals surface area (Å²) in [6.45, 7) is -0.295. The predicted octanol–water partition coefficient (Wildman–Crippen LogP) is 2.28. The number of benzene rings is 1. The summed E-state index contributed by atoms with van der Waals surface area (Å²) < 4.78 is 36.7. The molecule has 152 valence electrons. The van der Waals surface area contributed by atoms with Gasteiger partial charge in [-0.15, -0.1) is 0 Å². The molecule has 2 amide bonds. The van der Waals surface area contributed by atoms with E-state index in [4.69, 9.17) is 21.1 Å². The van der Waals surface area contributed by atoms with Gasteiger partial charge >= 0.3 is 0 Å². The predicted molar refractivity (Wildman–Crippen MR) is 96.4 cm³/mol. The van der Waals surface area contributed by atoms with Crippen molar-refractivity contribution < 1.29 is 27.8 Å². The van der Waals surface area contributed by atoms with E-state index in [0.717, 1.165) is 6.07 Å². The van der Waals surface area contributed by atoms with Crippen LogP contribution in [0.2, 0.25) is 5.02 Å². The minimum Gasteiger partial charge on any atom is -0.484 e. The quantitative estimate of drug-likeness (QED) is 0.684. The number of amides is 2. The molecule has 0 heterocycles. The van der Waals surface area contributed by atoms with Gasteiger partial charge < -0.3 is 20.1 Å². The van der Waals surface area contributed by atoms with Gasteiger partial charge in [0.15, 0.2) is 6.61 Å². The number of ether oxygens (including phenoxy) is 2. The second kappa shape index (κ2) is 7.15. The molecule has 0 saturated heterocycles. The Labute approximate surface area is 165 Å². The van der Waals surface area contributed by atoms with Gasteiger partial charge in [-0.05, 0) is 31.4 Å². The minimum absolute atomic E-state index is 0.0114. The van der Waals surface area contributed by atoms with Gasteiger partial charge in [-0.2, -0.15) is 0 Å². The molecular formula is C19H21ClF2N2O4. The zero-order chi connectivity index (χ0) is 19.9. The molecule has 2 N–H and O–H groups in total. The van der Waals surface area contributed by atoms with Crippen LogP contribution in [0.15, 0.2) is 18.2 Å². The number of alkyl halides is 1. The van der Waals surface area contributed by atoms with Crippen molar-refractivity contribution in [3.05, 3.63) is 29.0 Å². The van der Waals surface area contributed by atoms with Gasteiger partial charge in [0.25, 0.3) is 5.91 Å². The van der Waals surface area contributed by atoms with E-state index in [-0.39, 0.29) is 53.0 Å². The largest absolute Gasteiger partial charge is 0.484 e. The molecule has 0 unspecified atom stereocenters. The molecule has 0 atom stereocenters. The van der Waals surface area contributed by atoms with Gasteiger partial charge in [0, 0.05) is 30.0 Å². The average Bonchev–Trinajstić information content (AvgIpc) is 2.55. The van der Waals surface area contributed by atoms with Gasteiger partial charge in [0.1, 0.15) is 24.3 Å². The molecule has 0 aliphatic heterocycles. The Kier molecular flexibility index (Phi) is 4.95. The van der Waals surface area contributed by atoms with Crippen molar-refractivity contribution >= 4 is 23.4 Å². The van der Waals surface area contributed by atoms with Crippen LogP contribution in [0.4, 0.5) is 8.78 Å². The summed E-state index contributed by atoms with van der Waals surface area (Å²) in [4.78, 5) is 24.0. The number of rotatable bonds is 8. The number of halogens is 3. The van der Waals surface area contributed by atoms with E-state index >= 15 is 0 Å². The monoisotopic (exact) mass is 414 g/mol. The van der Waals surface area contributed by atoms with Crippen molar-refractivity contribution in [3.8, 4) is 5.75 Å². The topological polar surface area (TPSA) is 76.7 Å². The van der Waals surface area contributed by atoms with E-state index in [2.05, 4.69) is 10.6 Å². The van der Waals surface area contributed by atoms with Crippen molar-refractivity contribution in [2.45, 2.75) is 55.5 Å². The molecule has 28 heavy (non-hydrogen) atoms. The Balaban J connectivity index is 1.14. The van der Waals surface area contributed by atoms with Crippen LogP contribution in [0.3, 0.4) is 0 Å². The van der Waals surface area contributed by atoms with Crippen molar-refractivity contribution in [1.29, 1.82) is 0 Å². The summed E-state index contributed by atoms with van der Waals surface area (Å²) in [5, 5.41) is 5.85. The molecule has 1 aromatic rings. The zero-order valence-corrected chi connectivity index (χ0v) is 15.9. The highest BCUT2D eigenvalue weighted by Crippen LogP contribution is 2.60. The van der Waals surface area contributed by atoms with Crippen molar-refractivity contribution in [3.63, 3.8) is 0 Å². The molecular weight excluding hydrogens is 394 g/mol. The first-order valence-corrected chi connectivity index (χ1v) is 9.60. The molecule has 6 nitrogen and oxygen atoms in total. The third-order valence-corrected chi connectivity index (χ3v) is 5.89. The van der Waals surface area contributed by atoms with Crippen LogP contribution in [0.1, 0.15) is 32.1 Å². The molecule has 0 radical (unpaired) electrons. The van der Waals surface area contributed by atoms with Crippen LogP contribution < -0.4 is 15.4 Å². The first kappa shape index (κ1) is 19.4. The lowest BCUT2D eigenvalue weighted by atomic mass is 9.44. The fourth-order valence-electron chi connectivity index (χ4n) is 4.26. The lowest BCUT2D eigenvalue weighted by Crippen LogP contribution is -2.84. The SMILES string of the molecule is O=C(COc1ccc(Cl)c(F)c1)NC12CC(NC(=O)CO[C@H]3C[C@H](F)C3)(C1)C2. The van der Waals surface area contributed by atoms with E-state index in [1.165, 1.54) is 12.1 Å². The molecule has 0 aromatic heterocycles. The lowest BCUT2D eigenvalue weighted by Gasteiger charge is -2.70. The van der Waals surface area contributed by atoms with Crippen LogP contribution in [0, 0.1) is 5.82 Å². The molecule has 0 spiro atoms. The summed E-state index contributed by atoms with van der Waals surface area (Å²) in [5.41, 5.74) is -0.592. The van der Waals surface area contributed by atoms with Gasteiger partial charge in [0.05, 0.1) is 11.1 Å². The van der Waals surface area contributed by atoms with Gasteiger partial charge in [-0.3, -0.25) is 9.59 Å². The number of hydrogen-bond donors (Lipinski definition) is 2. The maximum absolute atomic E-state index is 13.4. The first-order valence-electron chi connectivity index (χ1n) is 9.22. The van der Waals surface area contributed by atoms with Crippen LogP contribution in [-0.4, -0.2) is 48.4 Å². The second-order valence-corrected chi connectivity index (χ2v) is 8.46. The lowest BCUT2D eigenvalue weighted by molar-refractivity contribution is -0.155. The van der Waals surface area contributed by atoms with Crippen LogP contribution in [0.5, 0.6) is 5.75 Å². The number of hydrogen-bond acceptors (Lipinski definition) is 4. The minimum atomic E-state index is -0.808. The van der Waals surface area contributed by atoms with E-state index in [9.17, 15) is 18.4 Å². The van der Waals surface area contributed by atoms with Crippen molar-refractivity contribution in [2.75, 3.05) is 13.2 Å². The third kappa shape index (κ3) is 3.93. The number of carbonyl (C=O) groups excluding carboxylic acids is 2. The Bertz CT molecular complexity index is 780. The summed E-state index contributed by atoms with van der Waals surface area (Å²) in [6.07, 6.45) is 1.72. The number of carbonyl (C=O) groups is 2. The standard InChI is InChI=1S/C19H21ClF2N2O4/c20-14-2-1-12(5-15(14)22)27-6-16(25)23-18-8-19(9-18,10-18)24-17(26)7-28-13-3-11(21)4-13/h1-2,5,11,13H,3-4,6-10H2,(H,23,25)(H,24,26)/t11-,13-,18?,19?. The maximum Gasteiger partial charge on any atom is 0.258 e. The summed E-state index contributed by atoms with van der Waals surface area (Å²) >= 11 is 5.60. The molecule has 4 saturated carbocycles. The zero-order valence-electron chi connectivity index (χ0n) is 15.1. The summed E-state index contributed by atoms with van der Waals surface area (Å²) in [7, 11) is 0. The maximum atomic E-state index is 13.4. The highest BCUT2D eigenvalue weighted by molar-refractivity contribution is 6.30. The normalized spacial score (nSPS) is 32.4. The summed E-state index contributed by atoms with van der Waals surface area (Å²) in [5.74, 6) is -0.898. The van der Waals surface area contributed by atoms with E-state index in [1.54, 1.807) is 0 Å². The van der Waals surface area contributed by atoms with Crippen molar-refractivity contribution in [2.24, 2.45) is 0 Å². The van der Waals surface area contributed by atoms with Crippen molar-refractivity contribution in [1.82, 2.24) is 10.6 Å². The van der Waals surface area contributed by atoms with Gasteiger partial charge in [-0.25, -0.2) is 8.78 Å². The van der Waals surface area contributed by atoms with Crippen LogP contribution >= 0.6 is 11.6 Å². The molecule has 4 aliphatic rings. The van der Waals surface area contributed by atoms with E-state index < -0.39 is 12.0 Å². The molecule has 4 aliphatic carbocycles. The first-order chi connectivity index (χ1) is 13.3. The Morgan fingerprint density at radius 2 is 1.71 bits per heavy atom. The van der Waals surface area contributed by atoms with Crippen LogP contribution in [-0.2, 0) is 14.3 Å². The average molecular weight is 415 g/mol. The Hall–Kier alpha value is -1.93. The van der Waals surface area contributed by atoms with E-state index in [0.29, 0.717) is 32.1 Å². The third-order valence-electron chi connectivity index (χ3n) is 5.59. The molecule has 5 rings (SSSR count). The summed E-state index contributed by atoms with van der Waals surface area (Å²) in [6, 6.07) is 3.98. The Morgan fingerprint density at radius 1 is 1.11 bits per heavy atom. The smallest absolute Gasteiger partial charge is 0.258 e. The molecule has 1 aromatic carbocycles. The van der Waals surface area contributed by atoms with Gasteiger partial charge in [0.2, 0.25) is 5.91 Å². The highest BCUT2D eigenvalue weighted by atomic mass is 35.5. The second-order valence-electron chi connectivity index (χ2n) is 8.05. The van der Waals surface area contributed by atoms with Crippen LogP contribution in [0.25, 0.3) is 0 Å². The fourth-order valence-corrected chi connectivity index (χ4v) is 4.38. The van der Waals surface area contributed by atoms with Gasteiger partial charge in [-0.1, -0.05) is 11.6 Å². The van der Waals surface area contributed by atoms with E-state index in [1.807, 2.05) is 0 Å². The molecule has 4 fully saturated rings. The fraction of sp³-hybridized carbons (Fsp3) is 0.579.